The number of aromatic nitrogens is 2. The molecule has 28 heavy (non-hydrogen) atoms. The lowest BCUT2D eigenvalue weighted by atomic mass is 9.97. The van der Waals surface area contributed by atoms with E-state index in [-0.39, 0.29) is 11.8 Å². The molecule has 0 saturated carbocycles. The van der Waals surface area contributed by atoms with Gasteiger partial charge in [0, 0.05) is 36.5 Å². The van der Waals surface area contributed by atoms with Crippen LogP contribution in [0, 0.1) is 5.92 Å². The van der Waals surface area contributed by atoms with Crippen LogP contribution in [-0.2, 0) is 11.2 Å². The van der Waals surface area contributed by atoms with Crippen molar-refractivity contribution >= 4 is 27.7 Å². The van der Waals surface area contributed by atoms with Gasteiger partial charge in [-0.15, -0.1) is 0 Å². The van der Waals surface area contributed by atoms with E-state index in [2.05, 4.69) is 36.1 Å². The number of rotatable bonds is 7. The summed E-state index contributed by atoms with van der Waals surface area (Å²) in [6.07, 6.45) is 7.64. The zero-order chi connectivity index (χ0) is 19.9. The largest absolute Gasteiger partial charge is 0.493 e. The average molecular weight is 449 g/mol. The Kier molecular flexibility index (Phi) is 7.08. The molecule has 1 aliphatic rings. The van der Waals surface area contributed by atoms with Crippen LogP contribution in [0.3, 0.4) is 0 Å². The Bertz CT molecular complexity index is 804. The van der Waals surface area contributed by atoms with E-state index in [0.29, 0.717) is 31.0 Å². The third kappa shape index (κ3) is 4.92. The number of nitrogens with one attached hydrogen (secondary N) is 1. The van der Waals surface area contributed by atoms with E-state index in [1.165, 1.54) is 0 Å². The number of hydrogen-bond donors (Lipinski definition) is 1. The monoisotopic (exact) mass is 448 g/mol. The summed E-state index contributed by atoms with van der Waals surface area (Å²) < 4.78 is 11.6. The van der Waals surface area contributed by atoms with Crippen LogP contribution in [0.5, 0.6) is 11.5 Å². The van der Waals surface area contributed by atoms with E-state index in [9.17, 15) is 4.79 Å². The van der Waals surface area contributed by atoms with Crippen LogP contribution in [0.4, 0.5) is 5.82 Å². The van der Waals surface area contributed by atoms with Crippen LogP contribution in [0.2, 0.25) is 0 Å². The van der Waals surface area contributed by atoms with Crippen molar-refractivity contribution in [3.8, 4) is 11.5 Å². The summed E-state index contributed by atoms with van der Waals surface area (Å²) in [5.74, 6) is 2.23. The Hall–Kier alpha value is -2.35. The van der Waals surface area contributed by atoms with Crippen molar-refractivity contribution in [1.29, 1.82) is 0 Å². The van der Waals surface area contributed by atoms with E-state index < -0.39 is 0 Å². The minimum atomic E-state index is -0.0374. The maximum atomic E-state index is 12.6. The second-order valence-corrected chi connectivity index (χ2v) is 7.54. The molecule has 2 aromatic rings. The van der Waals surface area contributed by atoms with E-state index >= 15 is 0 Å². The number of benzene rings is 1. The molecule has 1 aliphatic heterocycles. The third-order valence-electron chi connectivity index (χ3n) is 4.91. The fraction of sp³-hybridized carbons (Fsp3) is 0.450. The molecule has 7 nitrogen and oxygen atoms in total. The minimum Gasteiger partial charge on any atom is -0.493 e. The summed E-state index contributed by atoms with van der Waals surface area (Å²) in [4.78, 5) is 23.2. The molecule has 0 bridgehead atoms. The highest BCUT2D eigenvalue weighted by atomic mass is 79.9. The number of carbonyl (C=O) groups excluding carboxylic acids is 1. The fourth-order valence-corrected chi connectivity index (χ4v) is 3.93. The van der Waals surface area contributed by atoms with Crippen LogP contribution in [-0.4, -0.2) is 49.7 Å². The maximum absolute atomic E-state index is 12.6. The molecule has 1 N–H and O–H groups in total. The number of nitrogens with zero attached hydrogens (tertiary/aromatic N) is 3. The number of halogens is 1. The summed E-state index contributed by atoms with van der Waals surface area (Å²) in [7, 11) is 3.22. The molecule has 150 valence electrons. The van der Waals surface area contributed by atoms with Gasteiger partial charge >= 0.3 is 0 Å². The molecular formula is C20H25BrN4O3. The molecule has 8 heteroatoms. The summed E-state index contributed by atoms with van der Waals surface area (Å²) >= 11 is 3.56. The Labute approximate surface area is 173 Å². The lowest BCUT2D eigenvalue weighted by molar-refractivity contribution is -0.125. The van der Waals surface area contributed by atoms with Gasteiger partial charge in [-0.2, -0.15) is 0 Å². The van der Waals surface area contributed by atoms with Crippen molar-refractivity contribution in [3.63, 3.8) is 0 Å². The maximum Gasteiger partial charge on any atom is 0.224 e. The van der Waals surface area contributed by atoms with Crippen molar-refractivity contribution in [3.05, 3.63) is 40.8 Å². The Balaban J connectivity index is 1.54. The molecule has 0 aliphatic carbocycles. The fourth-order valence-electron chi connectivity index (χ4n) is 3.41. The van der Waals surface area contributed by atoms with Crippen molar-refractivity contribution in [1.82, 2.24) is 15.3 Å². The van der Waals surface area contributed by atoms with Gasteiger partial charge in [0.25, 0.3) is 0 Å². The first-order valence-corrected chi connectivity index (χ1v) is 10.1. The summed E-state index contributed by atoms with van der Waals surface area (Å²) in [5.41, 5.74) is 1.06. The van der Waals surface area contributed by atoms with Gasteiger partial charge in [-0.1, -0.05) is 15.9 Å². The van der Waals surface area contributed by atoms with Gasteiger partial charge in [-0.3, -0.25) is 9.78 Å². The summed E-state index contributed by atoms with van der Waals surface area (Å²) in [6.45, 7) is 2.14. The van der Waals surface area contributed by atoms with Crippen LogP contribution >= 0.6 is 15.9 Å². The number of hydrogen-bond acceptors (Lipinski definition) is 6. The molecule has 1 atom stereocenters. The molecule has 1 fully saturated rings. The van der Waals surface area contributed by atoms with E-state index in [4.69, 9.17) is 9.47 Å². The molecule has 0 spiro atoms. The van der Waals surface area contributed by atoms with E-state index in [1.807, 2.05) is 12.1 Å². The first-order valence-electron chi connectivity index (χ1n) is 9.31. The highest BCUT2D eigenvalue weighted by molar-refractivity contribution is 9.10. The predicted octanol–water partition coefficient (Wildman–Crippen LogP) is 2.83. The zero-order valence-corrected chi connectivity index (χ0v) is 17.7. The molecule has 3 rings (SSSR count). The normalized spacial score (nSPS) is 16.5. The summed E-state index contributed by atoms with van der Waals surface area (Å²) in [6, 6.07) is 3.82. The lowest BCUT2D eigenvalue weighted by Gasteiger charge is -2.32. The molecule has 1 aromatic carbocycles. The SMILES string of the molecule is COc1cc(Br)c(CCNC(=O)C2CCCN(c3cnccn3)C2)cc1OC. The Morgan fingerprint density at radius 1 is 1.29 bits per heavy atom. The Morgan fingerprint density at radius 2 is 2.07 bits per heavy atom. The number of piperidine rings is 1. The van der Waals surface area contributed by atoms with Crippen molar-refractivity contribution in [2.24, 2.45) is 5.92 Å². The number of ether oxygens (including phenoxy) is 2. The minimum absolute atomic E-state index is 0.0374. The van der Waals surface area contributed by atoms with Gasteiger partial charge in [-0.05, 0) is 37.0 Å². The third-order valence-corrected chi connectivity index (χ3v) is 5.65. The lowest BCUT2D eigenvalue weighted by Crippen LogP contribution is -2.43. The van der Waals surface area contributed by atoms with Gasteiger partial charge in [-0.25, -0.2) is 4.98 Å². The first kappa shape index (κ1) is 20.4. The van der Waals surface area contributed by atoms with Crippen LogP contribution in [0.1, 0.15) is 18.4 Å². The smallest absolute Gasteiger partial charge is 0.224 e. The quantitative estimate of drug-likeness (QED) is 0.701. The van der Waals surface area contributed by atoms with Gasteiger partial charge < -0.3 is 19.7 Å². The molecule has 1 amide bonds. The molecular weight excluding hydrogens is 424 g/mol. The molecule has 2 heterocycles. The second kappa shape index (κ2) is 9.73. The van der Waals surface area contributed by atoms with E-state index in [0.717, 1.165) is 35.2 Å². The predicted molar refractivity (Wildman–Crippen MR) is 111 cm³/mol. The van der Waals surface area contributed by atoms with Crippen LogP contribution in [0.25, 0.3) is 0 Å². The number of carbonyl (C=O) groups is 1. The summed E-state index contributed by atoms with van der Waals surface area (Å²) in [5, 5.41) is 3.07. The van der Waals surface area contributed by atoms with Gasteiger partial charge in [0.05, 0.1) is 26.3 Å². The number of anilines is 1. The van der Waals surface area contributed by atoms with Gasteiger partial charge in [0.2, 0.25) is 5.91 Å². The highest BCUT2D eigenvalue weighted by Gasteiger charge is 2.26. The number of methoxy groups -OCH3 is 2. The molecule has 0 radical (unpaired) electrons. The van der Waals surface area contributed by atoms with Crippen LogP contribution in [0.15, 0.2) is 35.2 Å². The Morgan fingerprint density at radius 3 is 2.79 bits per heavy atom. The van der Waals surface area contributed by atoms with Gasteiger partial charge in [0.15, 0.2) is 11.5 Å². The van der Waals surface area contributed by atoms with Gasteiger partial charge in [0.1, 0.15) is 5.82 Å². The molecule has 1 unspecified atom stereocenters. The molecule has 1 saturated heterocycles. The van der Waals surface area contributed by atoms with Crippen molar-refractivity contribution < 1.29 is 14.3 Å². The van der Waals surface area contributed by atoms with Crippen LogP contribution < -0.4 is 19.7 Å². The van der Waals surface area contributed by atoms with E-state index in [1.54, 1.807) is 32.8 Å². The standard InChI is InChI=1S/C20H25BrN4O3/c1-27-17-10-14(16(21)11-18(17)28-2)5-6-24-20(26)15-4-3-9-25(13-15)19-12-22-7-8-23-19/h7-8,10-12,15H,3-6,9,13H2,1-2H3,(H,24,26). The average Bonchev–Trinajstić information content (AvgIpc) is 2.75. The molecule has 1 aromatic heterocycles. The zero-order valence-electron chi connectivity index (χ0n) is 16.2. The van der Waals surface area contributed by atoms with Crippen molar-refractivity contribution in [2.75, 3.05) is 38.8 Å². The number of amides is 1. The van der Waals surface area contributed by atoms with Crippen molar-refractivity contribution in [2.45, 2.75) is 19.3 Å². The highest BCUT2D eigenvalue weighted by Crippen LogP contribution is 2.33. The second-order valence-electron chi connectivity index (χ2n) is 6.69. The first-order chi connectivity index (χ1) is 13.6. The topological polar surface area (TPSA) is 76.6 Å².